The zero-order valence-corrected chi connectivity index (χ0v) is 16.0. The molecule has 0 aliphatic carbocycles. The number of ketones is 1. The first-order chi connectivity index (χ1) is 14.0. The maximum Gasteiger partial charge on any atom is 0.270 e. The van der Waals surface area contributed by atoms with Crippen LogP contribution in [0, 0.1) is 5.82 Å². The molecule has 0 aliphatic rings. The molecule has 0 unspecified atom stereocenters. The summed E-state index contributed by atoms with van der Waals surface area (Å²) in [5.74, 6) is -0.271. The van der Waals surface area contributed by atoms with Crippen LogP contribution in [0.5, 0.6) is 11.5 Å². The number of benzene rings is 3. The molecule has 3 aromatic rings. The molecule has 0 radical (unpaired) electrons. The molecule has 5 nitrogen and oxygen atoms in total. The topological polar surface area (TPSA) is 64.6 Å². The minimum absolute atomic E-state index is 0.108. The SMILES string of the molecule is COc1cc(C(C)=O)ccc1O[C@@H](C(=O)Nc1ccc(F)cc1)c1ccccc1. The summed E-state index contributed by atoms with van der Waals surface area (Å²) < 4.78 is 24.5. The highest BCUT2D eigenvalue weighted by Gasteiger charge is 2.24. The summed E-state index contributed by atoms with van der Waals surface area (Å²) in [6, 6.07) is 19.2. The van der Waals surface area contributed by atoms with Crippen molar-refractivity contribution < 1.29 is 23.5 Å². The maximum atomic E-state index is 13.1. The Hall–Kier alpha value is -3.67. The Kier molecular flexibility index (Phi) is 6.24. The van der Waals surface area contributed by atoms with Crippen LogP contribution in [0.1, 0.15) is 28.9 Å². The lowest BCUT2D eigenvalue weighted by atomic mass is 10.1. The molecular formula is C23H20FNO4. The Morgan fingerprint density at radius 3 is 2.24 bits per heavy atom. The highest BCUT2D eigenvalue weighted by Crippen LogP contribution is 2.33. The van der Waals surface area contributed by atoms with Gasteiger partial charge in [-0.1, -0.05) is 30.3 Å². The minimum Gasteiger partial charge on any atom is -0.493 e. The van der Waals surface area contributed by atoms with Gasteiger partial charge in [0, 0.05) is 16.8 Å². The van der Waals surface area contributed by atoms with Gasteiger partial charge in [-0.25, -0.2) is 4.39 Å². The second-order valence-corrected chi connectivity index (χ2v) is 6.33. The standard InChI is InChI=1S/C23H20FNO4/c1-15(26)17-8-13-20(21(14-17)28-2)29-22(16-6-4-3-5-7-16)23(27)25-19-11-9-18(24)10-12-19/h3-14,22H,1-2H3,(H,25,27)/t22-/m1/s1. The van der Waals surface area contributed by atoms with Crippen LogP contribution in [0.2, 0.25) is 0 Å². The van der Waals surface area contributed by atoms with E-state index in [2.05, 4.69) is 5.32 Å². The lowest BCUT2D eigenvalue weighted by molar-refractivity contribution is -0.123. The fraction of sp³-hybridized carbons (Fsp3) is 0.130. The molecule has 0 aliphatic heterocycles. The molecule has 0 saturated heterocycles. The Bertz CT molecular complexity index is 1000. The Labute approximate surface area is 168 Å². The number of hydrogen-bond donors (Lipinski definition) is 1. The van der Waals surface area contributed by atoms with E-state index in [0.29, 0.717) is 28.3 Å². The maximum absolute atomic E-state index is 13.1. The van der Waals surface area contributed by atoms with Crippen molar-refractivity contribution in [1.82, 2.24) is 0 Å². The predicted molar refractivity (Wildman–Crippen MR) is 108 cm³/mol. The summed E-state index contributed by atoms with van der Waals surface area (Å²) in [6.45, 7) is 1.46. The number of carbonyl (C=O) groups excluding carboxylic acids is 2. The number of nitrogens with one attached hydrogen (secondary N) is 1. The van der Waals surface area contributed by atoms with Crippen LogP contribution < -0.4 is 14.8 Å². The molecule has 29 heavy (non-hydrogen) atoms. The highest BCUT2D eigenvalue weighted by atomic mass is 19.1. The monoisotopic (exact) mass is 393 g/mol. The van der Waals surface area contributed by atoms with Crippen LogP contribution in [0.15, 0.2) is 72.8 Å². The lowest BCUT2D eigenvalue weighted by Gasteiger charge is -2.21. The number of ether oxygens (including phenoxy) is 2. The number of rotatable bonds is 7. The lowest BCUT2D eigenvalue weighted by Crippen LogP contribution is -2.25. The highest BCUT2D eigenvalue weighted by molar-refractivity contribution is 5.96. The van der Waals surface area contributed by atoms with Gasteiger partial charge in [0.1, 0.15) is 5.82 Å². The van der Waals surface area contributed by atoms with Crippen molar-refractivity contribution in [1.29, 1.82) is 0 Å². The predicted octanol–water partition coefficient (Wildman–Crippen LogP) is 4.80. The second kappa shape index (κ2) is 9.01. The number of halogens is 1. The van der Waals surface area contributed by atoms with E-state index >= 15 is 0 Å². The quantitative estimate of drug-likeness (QED) is 0.586. The first kappa shape index (κ1) is 20.1. The minimum atomic E-state index is -0.988. The Morgan fingerprint density at radius 2 is 1.62 bits per heavy atom. The average Bonchev–Trinajstić information content (AvgIpc) is 2.74. The molecule has 0 bridgehead atoms. The molecule has 6 heteroatoms. The number of Topliss-reactive ketones (excluding diaryl/α,β-unsaturated/α-hetero) is 1. The zero-order chi connectivity index (χ0) is 20.8. The van der Waals surface area contributed by atoms with E-state index in [1.54, 1.807) is 42.5 Å². The molecule has 3 rings (SSSR count). The van der Waals surface area contributed by atoms with Crippen molar-refractivity contribution in [2.75, 3.05) is 12.4 Å². The first-order valence-electron chi connectivity index (χ1n) is 8.95. The Balaban J connectivity index is 1.91. The summed E-state index contributed by atoms with van der Waals surface area (Å²) in [5, 5.41) is 2.73. The normalized spacial score (nSPS) is 11.4. The molecule has 0 aromatic heterocycles. The summed E-state index contributed by atoms with van der Waals surface area (Å²) in [6.07, 6.45) is -0.988. The largest absolute Gasteiger partial charge is 0.493 e. The van der Waals surface area contributed by atoms with Gasteiger partial charge in [-0.05, 0) is 49.4 Å². The first-order valence-corrected chi connectivity index (χ1v) is 8.95. The molecule has 3 aromatic carbocycles. The van der Waals surface area contributed by atoms with Crippen molar-refractivity contribution in [2.24, 2.45) is 0 Å². The summed E-state index contributed by atoms with van der Waals surface area (Å²) in [7, 11) is 1.46. The molecule has 1 amide bonds. The van der Waals surface area contributed by atoms with Crippen molar-refractivity contribution in [3.05, 3.63) is 89.7 Å². The molecule has 1 N–H and O–H groups in total. The third kappa shape index (κ3) is 4.99. The van der Waals surface area contributed by atoms with Crippen molar-refractivity contribution in [2.45, 2.75) is 13.0 Å². The van der Waals surface area contributed by atoms with Gasteiger partial charge in [0.15, 0.2) is 17.3 Å². The summed E-state index contributed by atoms with van der Waals surface area (Å²) >= 11 is 0. The van der Waals surface area contributed by atoms with Crippen LogP contribution in [0.4, 0.5) is 10.1 Å². The second-order valence-electron chi connectivity index (χ2n) is 6.33. The smallest absolute Gasteiger partial charge is 0.270 e. The van der Waals surface area contributed by atoms with Crippen molar-refractivity contribution >= 4 is 17.4 Å². The van der Waals surface area contributed by atoms with Crippen LogP contribution in [-0.4, -0.2) is 18.8 Å². The van der Waals surface area contributed by atoms with Gasteiger partial charge < -0.3 is 14.8 Å². The van der Waals surface area contributed by atoms with E-state index in [1.165, 1.54) is 38.3 Å². The van der Waals surface area contributed by atoms with Crippen LogP contribution in [0.25, 0.3) is 0 Å². The van der Waals surface area contributed by atoms with Crippen LogP contribution in [0.3, 0.4) is 0 Å². The molecule has 0 saturated carbocycles. The third-order valence-corrected chi connectivity index (χ3v) is 4.27. The number of hydrogen-bond acceptors (Lipinski definition) is 4. The van der Waals surface area contributed by atoms with E-state index in [1.807, 2.05) is 6.07 Å². The van der Waals surface area contributed by atoms with Gasteiger partial charge in [0.05, 0.1) is 7.11 Å². The van der Waals surface area contributed by atoms with E-state index in [0.717, 1.165) is 0 Å². The van der Waals surface area contributed by atoms with Crippen molar-refractivity contribution in [3.8, 4) is 11.5 Å². The molecule has 0 heterocycles. The van der Waals surface area contributed by atoms with Gasteiger partial charge in [0.25, 0.3) is 5.91 Å². The van der Waals surface area contributed by atoms with Gasteiger partial charge in [-0.15, -0.1) is 0 Å². The third-order valence-electron chi connectivity index (χ3n) is 4.27. The van der Waals surface area contributed by atoms with E-state index in [9.17, 15) is 14.0 Å². The average molecular weight is 393 g/mol. The van der Waals surface area contributed by atoms with Gasteiger partial charge >= 0.3 is 0 Å². The molecule has 0 fully saturated rings. The number of anilines is 1. The van der Waals surface area contributed by atoms with E-state index in [-0.39, 0.29) is 5.78 Å². The molecular weight excluding hydrogens is 373 g/mol. The van der Waals surface area contributed by atoms with Gasteiger partial charge in [-0.2, -0.15) is 0 Å². The summed E-state index contributed by atoms with van der Waals surface area (Å²) in [4.78, 5) is 24.6. The Morgan fingerprint density at radius 1 is 0.931 bits per heavy atom. The van der Waals surface area contributed by atoms with E-state index in [4.69, 9.17) is 9.47 Å². The number of carbonyl (C=O) groups is 2. The van der Waals surface area contributed by atoms with Crippen LogP contribution in [-0.2, 0) is 4.79 Å². The molecule has 148 valence electrons. The zero-order valence-electron chi connectivity index (χ0n) is 16.0. The number of methoxy groups -OCH3 is 1. The van der Waals surface area contributed by atoms with E-state index < -0.39 is 17.8 Å². The summed E-state index contributed by atoms with van der Waals surface area (Å²) in [5.41, 5.74) is 1.55. The van der Waals surface area contributed by atoms with Gasteiger partial charge in [-0.3, -0.25) is 9.59 Å². The molecule has 0 spiro atoms. The van der Waals surface area contributed by atoms with Crippen molar-refractivity contribution in [3.63, 3.8) is 0 Å². The fourth-order valence-electron chi connectivity index (χ4n) is 2.75. The van der Waals surface area contributed by atoms with Gasteiger partial charge in [0.2, 0.25) is 6.10 Å². The van der Waals surface area contributed by atoms with Crippen LogP contribution >= 0.6 is 0 Å². The molecule has 1 atom stereocenters. The number of amides is 1. The fourth-order valence-corrected chi connectivity index (χ4v) is 2.75.